The van der Waals surface area contributed by atoms with E-state index in [1.807, 2.05) is 20.8 Å². The highest BCUT2D eigenvalue weighted by molar-refractivity contribution is 5.83. The number of nitrogens with zero attached hydrogens (tertiary/aromatic N) is 3. The van der Waals surface area contributed by atoms with Gasteiger partial charge in [0, 0.05) is 12.0 Å². The van der Waals surface area contributed by atoms with Crippen LogP contribution in [-0.4, -0.2) is 33.3 Å². The first kappa shape index (κ1) is 12.2. The number of carbonyl (C=O) groups is 1. The predicted octanol–water partition coefficient (Wildman–Crippen LogP) is 1.40. The lowest BCUT2D eigenvalue weighted by Crippen LogP contribution is -2.20. The third-order valence-electron chi connectivity index (χ3n) is 3.12. The quantitative estimate of drug-likeness (QED) is 0.794. The summed E-state index contributed by atoms with van der Waals surface area (Å²) in [5, 5.41) is 4.13. The van der Waals surface area contributed by atoms with Gasteiger partial charge >= 0.3 is 0 Å². The van der Waals surface area contributed by atoms with Gasteiger partial charge in [-0.15, -0.1) is 0 Å². The summed E-state index contributed by atoms with van der Waals surface area (Å²) in [5.74, 6) is 0.996. The molecular weight excluding hydrogens is 218 g/mol. The summed E-state index contributed by atoms with van der Waals surface area (Å²) >= 11 is 0. The zero-order valence-corrected chi connectivity index (χ0v) is 10.6. The average Bonchev–Trinajstić information content (AvgIpc) is 2.86. The molecule has 1 aliphatic rings. The van der Waals surface area contributed by atoms with Gasteiger partial charge in [0.25, 0.3) is 0 Å². The first-order valence-electron chi connectivity index (χ1n) is 6.10. The van der Waals surface area contributed by atoms with Crippen molar-refractivity contribution in [3.05, 3.63) is 12.2 Å². The molecule has 0 aromatic carbocycles. The summed E-state index contributed by atoms with van der Waals surface area (Å²) in [6.45, 7) is 6.62. The van der Waals surface area contributed by atoms with Crippen LogP contribution in [0.4, 0.5) is 0 Å². The summed E-state index contributed by atoms with van der Waals surface area (Å²) in [5.41, 5.74) is 0. The molecule has 0 N–H and O–H groups in total. The van der Waals surface area contributed by atoms with Crippen LogP contribution in [0.5, 0.6) is 0 Å². The van der Waals surface area contributed by atoms with Gasteiger partial charge in [0.15, 0.2) is 0 Å². The number of carbonyl (C=O) groups excluding carboxylic acids is 1. The molecule has 1 aromatic heterocycles. The normalized spacial score (nSPS) is 24.5. The van der Waals surface area contributed by atoms with Crippen LogP contribution in [0.1, 0.15) is 39.1 Å². The maximum atomic E-state index is 12.1. The standard InChI is InChI=1S/C12H19N3O2/c1-8(2)15-12(13-7-14-15)5-11(16)10-4-9(3)17-6-10/h7-10H,4-6H2,1-3H3. The van der Waals surface area contributed by atoms with Gasteiger partial charge in [0.1, 0.15) is 17.9 Å². The van der Waals surface area contributed by atoms with E-state index in [0.717, 1.165) is 12.2 Å². The minimum Gasteiger partial charge on any atom is -0.378 e. The molecule has 0 aliphatic carbocycles. The summed E-state index contributed by atoms with van der Waals surface area (Å²) in [7, 11) is 0. The maximum Gasteiger partial charge on any atom is 0.145 e. The van der Waals surface area contributed by atoms with Gasteiger partial charge in [0.05, 0.1) is 19.1 Å². The van der Waals surface area contributed by atoms with Gasteiger partial charge in [-0.05, 0) is 27.2 Å². The van der Waals surface area contributed by atoms with E-state index in [0.29, 0.717) is 13.0 Å². The van der Waals surface area contributed by atoms with E-state index in [-0.39, 0.29) is 23.8 Å². The Hall–Kier alpha value is -1.23. The summed E-state index contributed by atoms with van der Waals surface area (Å²) < 4.78 is 7.22. The van der Waals surface area contributed by atoms with E-state index in [4.69, 9.17) is 4.74 Å². The molecule has 2 rings (SSSR count). The van der Waals surface area contributed by atoms with Gasteiger partial charge in [-0.3, -0.25) is 4.79 Å². The number of hydrogen-bond donors (Lipinski definition) is 0. The Balaban J connectivity index is 2.00. The Kier molecular flexibility index (Phi) is 3.57. The SMILES string of the molecule is CC1CC(C(=O)Cc2ncnn2C(C)C)CO1. The van der Waals surface area contributed by atoms with Gasteiger partial charge in [0.2, 0.25) is 0 Å². The Bertz CT molecular complexity index is 400. The zero-order valence-electron chi connectivity index (χ0n) is 10.6. The lowest BCUT2D eigenvalue weighted by atomic mass is 9.98. The van der Waals surface area contributed by atoms with E-state index < -0.39 is 0 Å². The highest BCUT2D eigenvalue weighted by Gasteiger charge is 2.29. The molecule has 1 saturated heterocycles. The molecule has 2 atom stereocenters. The highest BCUT2D eigenvalue weighted by Crippen LogP contribution is 2.21. The van der Waals surface area contributed by atoms with Crippen LogP contribution in [-0.2, 0) is 16.0 Å². The zero-order chi connectivity index (χ0) is 12.4. The van der Waals surface area contributed by atoms with Crippen molar-refractivity contribution < 1.29 is 9.53 Å². The van der Waals surface area contributed by atoms with Crippen LogP contribution < -0.4 is 0 Å². The van der Waals surface area contributed by atoms with Crippen molar-refractivity contribution >= 4 is 5.78 Å². The molecular formula is C12H19N3O2. The maximum absolute atomic E-state index is 12.1. The van der Waals surface area contributed by atoms with E-state index in [1.54, 1.807) is 4.68 Å². The van der Waals surface area contributed by atoms with Crippen LogP contribution in [0.3, 0.4) is 0 Å². The lowest BCUT2D eigenvalue weighted by molar-refractivity contribution is -0.122. The van der Waals surface area contributed by atoms with Crippen molar-refractivity contribution in [3.63, 3.8) is 0 Å². The predicted molar refractivity (Wildman–Crippen MR) is 62.6 cm³/mol. The average molecular weight is 237 g/mol. The van der Waals surface area contributed by atoms with Crippen LogP contribution in [0.25, 0.3) is 0 Å². The number of rotatable bonds is 4. The van der Waals surface area contributed by atoms with Crippen molar-refractivity contribution in [2.75, 3.05) is 6.61 Å². The molecule has 1 aliphatic heterocycles. The number of Topliss-reactive ketones (excluding diaryl/α,β-unsaturated/α-hetero) is 1. The fourth-order valence-corrected chi connectivity index (χ4v) is 2.17. The monoisotopic (exact) mass is 237 g/mol. The second kappa shape index (κ2) is 4.96. The first-order valence-corrected chi connectivity index (χ1v) is 6.10. The molecule has 1 fully saturated rings. The number of ketones is 1. The topological polar surface area (TPSA) is 57.0 Å². The first-order chi connectivity index (χ1) is 8.08. The van der Waals surface area contributed by atoms with Crippen molar-refractivity contribution in [3.8, 4) is 0 Å². The van der Waals surface area contributed by atoms with E-state index >= 15 is 0 Å². The number of ether oxygens (including phenoxy) is 1. The van der Waals surface area contributed by atoms with Gasteiger partial charge < -0.3 is 4.74 Å². The van der Waals surface area contributed by atoms with E-state index in [9.17, 15) is 4.79 Å². The minimum absolute atomic E-state index is 0.0299. The largest absolute Gasteiger partial charge is 0.378 e. The van der Waals surface area contributed by atoms with Gasteiger partial charge in [-0.2, -0.15) is 5.10 Å². The Labute approximate surface area is 101 Å². The Morgan fingerprint density at radius 3 is 3.00 bits per heavy atom. The van der Waals surface area contributed by atoms with Crippen LogP contribution in [0.2, 0.25) is 0 Å². The highest BCUT2D eigenvalue weighted by atomic mass is 16.5. The summed E-state index contributed by atoms with van der Waals surface area (Å²) in [6.07, 6.45) is 2.90. The van der Waals surface area contributed by atoms with Crippen molar-refractivity contribution in [1.29, 1.82) is 0 Å². The molecule has 2 unspecified atom stereocenters. The van der Waals surface area contributed by atoms with Crippen LogP contribution in [0.15, 0.2) is 6.33 Å². The molecule has 0 saturated carbocycles. The second-order valence-electron chi connectivity index (χ2n) is 4.93. The van der Waals surface area contributed by atoms with Gasteiger partial charge in [-0.1, -0.05) is 0 Å². The smallest absolute Gasteiger partial charge is 0.145 e. The molecule has 0 amide bonds. The van der Waals surface area contributed by atoms with Gasteiger partial charge in [-0.25, -0.2) is 9.67 Å². The minimum atomic E-state index is 0.0299. The number of aromatic nitrogens is 3. The lowest BCUT2D eigenvalue weighted by Gasteiger charge is -2.10. The van der Waals surface area contributed by atoms with Crippen molar-refractivity contribution in [2.24, 2.45) is 5.92 Å². The summed E-state index contributed by atoms with van der Waals surface area (Å²) in [4.78, 5) is 16.2. The third kappa shape index (κ3) is 2.72. The molecule has 17 heavy (non-hydrogen) atoms. The molecule has 5 heteroatoms. The molecule has 0 radical (unpaired) electrons. The van der Waals surface area contributed by atoms with Crippen LogP contribution >= 0.6 is 0 Å². The third-order valence-corrected chi connectivity index (χ3v) is 3.12. The van der Waals surface area contributed by atoms with E-state index in [1.165, 1.54) is 6.33 Å². The molecule has 1 aromatic rings. The molecule has 5 nitrogen and oxygen atoms in total. The molecule has 2 heterocycles. The van der Waals surface area contributed by atoms with Crippen molar-refractivity contribution in [2.45, 2.75) is 45.8 Å². The second-order valence-corrected chi connectivity index (χ2v) is 4.93. The van der Waals surface area contributed by atoms with Crippen molar-refractivity contribution in [1.82, 2.24) is 14.8 Å². The molecule has 0 spiro atoms. The van der Waals surface area contributed by atoms with E-state index in [2.05, 4.69) is 10.1 Å². The molecule has 0 bridgehead atoms. The number of hydrogen-bond acceptors (Lipinski definition) is 4. The van der Waals surface area contributed by atoms with Crippen LogP contribution in [0, 0.1) is 5.92 Å². The Morgan fingerprint density at radius 2 is 2.41 bits per heavy atom. The molecule has 94 valence electrons. The fourth-order valence-electron chi connectivity index (χ4n) is 2.17. The summed E-state index contributed by atoms with van der Waals surface area (Å²) in [6, 6.07) is 0.235. The Morgan fingerprint density at radius 1 is 1.65 bits per heavy atom. The fraction of sp³-hybridized carbons (Fsp3) is 0.750.